The second-order valence-electron chi connectivity index (χ2n) is 8.30. The van der Waals surface area contributed by atoms with E-state index < -0.39 is 46.4 Å². The van der Waals surface area contributed by atoms with Crippen molar-refractivity contribution in [3.63, 3.8) is 0 Å². The average molecular weight is 485 g/mol. The number of hydrogen-bond acceptors (Lipinski definition) is 4. The number of hydrogen-bond donors (Lipinski definition) is 1. The molecule has 1 aliphatic rings. The summed E-state index contributed by atoms with van der Waals surface area (Å²) in [6.45, 7) is 1.08. The van der Waals surface area contributed by atoms with Gasteiger partial charge in [0.05, 0.1) is 28.3 Å². The molecule has 1 aliphatic carbocycles. The number of carbonyl (C=O) groups excluding carboxylic acids is 1. The van der Waals surface area contributed by atoms with Crippen molar-refractivity contribution in [2.45, 2.75) is 55.8 Å². The molecule has 1 fully saturated rings. The van der Waals surface area contributed by atoms with E-state index in [1.165, 1.54) is 30.1 Å². The summed E-state index contributed by atoms with van der Waals surface area (Å²) in [4.78, 5) is 14.2. The first-order chi connectivity index (χ1) is 15.4. The molecule has 0 aliphatic heterocycles. The summed E-state index contributed by atoms with van der Waals surface area (Å²) in [5.74, 6) is -0.617. The van der Waals surface area contributed by atoms with Gasteiger partial charge < -0.3 is 10.0 Å². The molecule has 0 heterocycles. The highest BCUT2D eigenvalue weighted by Gasteiger charge is 2.35. The van der Waals surface area contributed by atoms with Gasteiger partial charge in [0.2, 0.25) is 5.91 Å². The van der Waals surface area contributed by atoms with Crippen LogP contribution in [0.25, 0.3) is 0 Å². The van der Waals surface area contributed by atoms with Crippen LogP contribution < -0.4 is 4.31 Å². The number of aryl methyl sites for hydroxylation is 1. The van der Waals surface area contributed by atoms with Gasteiger partial charge in [-0.2, -0.15) is 13.2 Å². The van der Waals surface area contributed by atoms with Crippen LogP contribution in [0.1, 0.15) is 36.8 Å². The first-order valence-electron chi connectivity index (χ1n) is 10.6. The SMILES string of the molecule is Cc1ccc(S(=O)(=O)N(CC(=O)N(C)C2CCCCC2O)c2cccc(C(F)(F)F)c2)cc1. The van der Waals surface area contributed by atoms with E-state index in [-0.39, 0.29) is 10.6 Å². The first-order valence-corrected chi connectivity index (χ1v) is 12.1. The summed E-state index contributed by atoms with van der Waals surface area (Å²) in [7, 11) is -2.87. The number of aliphatic hydroxyl groups is 1. The zero-order chi connectivity index (χ0) is 24.4. The molecule has 6 nitrogen and oxygen atoms in total. The number of carbonyl (C=O) groups is 1. The Morgan fingerprint density at radius 1 is 1.09 bits per heavy atom. The van der Waals surface area contributed by atoms with Crippen molar-refractivity contribution in [2.24, 2.45) is 0 Å². The van der Waals surface area contributed by atoms with E-state index in [1.807, 2.05) is 0 Å². The van der Waals surface area contributed by atoms with Crippen LogP contribution in [0.15, 0.2) is 53.4 Å². The smallest absolute Gasteiger partial charge is 0.391 e. The van der Waals surface area contributed by atoms with Crippen LogP contribution in [0.3, 0.4) is 0 Å². The predicted molar refractivity (Wildman–Crippen MR) is 118 cm³/mol. The van der Waals surface area contributed by atoms with Gasteiger partial charge in [0.25, 0.3) is 10.0 Å². The van der Waals surface area contributed by atoms with Gasteiger partial charge in [-0.1, -0.05) is 36.6 Å². The number of alkyl halides is 3. The Hall–Kier alpha value is -2.59. The summed E-state index contributed by atoms with van der Waals surface area (Å²) in [5, 5.41) is 10.3. The molecule has 0 bridgehead atoms. The number of halogens is 3. The molecule has 2 aromatic rings. The van der Waals surface area contributed by atoms with Crippen LogP contribution in [0.5, 0.6) is 0 Å². The Labute approximate surface area is 191 Å². The quantitative estimate of drug-likeness (QED) is 0.673. The molecular formula is C23H27F3N2O4S. The maximum Gasteiger partial charge on any atom is 0.416 e. The number of aliphatic hydroxyl groups excluding tert-OH is 1. The van der Waals surface area contributed by atoms with Crippen molar-refractivity contribution in [3.8, 4) is 0 Å². The second kappa shape index (κ2) is 9.72. The fourth-order valence-corrected chi connectivity index (χ4v) is 5.36. The molecule has 33 heavy (non-hydrogen) atoms. The molecule has 3 rings (SSSR count). The van der Waals surface area contributed by atoms with Gasteiger partial charge in [0.1, 0.15) is 6.54 Å². The van der Waals surface area contributed by atoms with E-state index in [9.17, 15) is 31.5 Å². The largest absolute Gasteiger partial charge is 0.416 e. The van der Waals surface area contributed by atoms with Gasteiger partial charge in [0.15, 0.2) is 0 Å². The summed E-state index contributed by atoms with van der Waals surface area (Å²) < 4.78 is 67.5. The van der Waals surface area contributed by atoms with Gasteiger partial charge in [-0.05, 0) is 50.1 Å². The highest BCUT2D eigenvalue weighted by Crippen LogP contribution is 2.33. The van der Waals surface area contributed by atoms with E-state index in [1.54, 1.807) is 19.1 Å². The molecule has 2 atom stereocenters. The Morgan fingerprint density at radius 2 is 1.73 bits per heavy atom. The van der Waals surface area contributed by atoms with Crippen molar-refractivity contribution in [3.05, 3.63) is 59.7 Å². The molecule has 2 unspecified atom stereocenters. The average Bonchev–Trinajstić information content (AvgIpc) is 2.77. The number of likely N-dealkylation sites (N-methyl/N-ethyl adjacent to an activating group) is 1. The number of anilines is 1. The van der Waals surface area contributed by atoms with Crippen molar-refractivity contribution < 1.29 is 31.5 Å². The van der Waals surface area contributed by atoms with Crippen LogP contribution in [-0.2, 0) is 21.0 Å². The maximum absolute atomic E-state index is 13.4. The van der Waals surface area contributed by atoms with E-state index in [0.29, 0.717) is 23.2 Å². The molecule has 2 aromatic carbocycles. The highest BCUT2D eigenvalue weighted by atomic mass is 32.2. The van der Waals surface area contributed by atoms with Crippen molar-refractivity contribution in [1.29, 1.82) is 0 Å². The fraction of sp³-hybridized carbons (Fsp3) is 0.435. The minimum atomic E-state index is -4.68. The van der Waals surface area contributed by atoms with Crippen LogP contribution in [-0.4, -0.2) is 50.1 Å². The predicted octanol–water partition coefficient (Wildman–Crippen LogP) is 3.97. The Kier molecular flexibility index (Phi) is 7.38. The Morgan fingerprint density at radius 3 is 2.33 bits per heavy atom. The van der Waals surface area contributed by atoms with Crippen LogP contribution in [0.4, 0.5) is 18.9 Å². The third kappa shape index (κ3) is 5.67. The van der Waals surface area contributed by atoms with Gasteiger partial charge >= 0.3 is 6.18 Å². The minimum Gasteiger partial charge on any atom is -0.391 e. The molecule has 0 spiro atoms. The van der Waals surface area contributed by atoms with E-state index >= 15 is 0 Å². The molecule has 1 saturated carbocycles. The molecular weight excluding hydrogens is 457 g/mol. The van der Waals surface area contributed by atoms with Crippen molar-refractivity contribution in [2.75, 3.05) is 17.9 Å². The first kappa shape index (κ1) is 25.0. The summed E-state index contributed by atoms with van der Waals surface area (Å²) in [6, 6.07) is 9.26. The van der Waals surface area contributed by atoms with E-state index in [0.717, 1.165) is 30.5 Å². The lowest BCUT2D eigenvalue weighted by atomic mass is 9.91. The van der Waals surface area contributed by atoms with Crippen molar-refractivity contribution >= 4 is 21.6 Å². The molecule has 1 amide bonds. The zero-order valence-corrected chi connectivity index (χ0v) is 19.2. The zero-order valence-electron chi connectivity index (χ0n) is 18.4. The Bertz CT molecular complexity index is 1090. The number of amides is 1. The Balaban J connectivity index is 2.00. The third-order valence-electron chi connectivity index (χ3n) is 5.93. The van der Waals surface area contributed by atoms with E-state index in [4.69, 9.17) is 0 Å². The summed E-state index contributed by atoms with van der Waals surface area (Å²) >= 11 is 0. The maximum atomic E-state index is 13.4. The molecule has 0 saturated heterocycles. The second-order valence-corrected chi connectivity index (χ2v) is 10.2. The molecule has 180 valence electrons. The number of sulfonamides is 1. The van der Waals surface area contributed by atoms with E-state index in [2.05, 4.69) is 0 Å². The fourth-order valence-electron chi connectivity index (χ4n) is 3.95. The molecule has 0 aromatic heterocycles. The summed E-state index contributed by atoms with van der Waals surface area (Å²) in [5.41, 5.74) is -0.481. The highest BCUT2D eigenvalue weighted by molar-refractivity contribution is 7.92. The summed E-state index contributed by atoms with van der Waals surface area (Å²) in [6.07, 6.45) is -2.67. The lowest BCUT2D eigenvalue weighted by molar-refractivity contribution is -0.137. The van der Waals surface area contributed by atoms with Gasteiger partial charge in [-0.3, -0.25) is 9.10 Å². The number of rotatable bonds is 6. The van der Waals surface area contributed by atoms with Crippen molar-refractivity contribution in [1.82, 2.24) is 4.90 Å². The van der Waals surface area contributed by atoms with Crippen LogP contribution >= 0.6 is 0 Å². The number of nitrogens with zero attached hydrogens (tertiary/aromatic N) is 2. The minimum absolute atomic E-state index is 0.140. The van der Waals surface area contributed by atoms with Gasteiger partial charge in [0, 0.05) is 7.05 Å². The monoisotopic (exact) mass is 484 g/mol. The van der Waals surface area contributed by atoms with Crippen LogP contribution in [0.2, 0.25) is 0 Å². The number of benzene rings is 2. The molecule has 10 heteroatoms. The normalized spacial score (nSPS) is 19.2. The molecule has 0 radical (unpaired) electrons. The lowest BCUT2D eigenvalue weighted by Crippen LogP contribution is -2.50. The molecule has 1 N–H and O–H groups in total. The standard InChI is InChI=1S/C23H27F3N2O4S/c1-16-10-12-19(13-11-16)33(31,32)28(18-7-5-6-17(14-18)23(24,25)26)15-22(30)27(2)20-8-3-4-9-21(20)29/h5-7,10-14,20-21,29H,3-4,8-9,15H2,1-2H3. The van der Waals surface area contributed by atoms with Gasteiger partial charge in [-0.25, -0.2) is 8.42 Å². The van der Waals surface area contributed by atoms with Crippen LogP contribution in [0, 0.1) is 6.92 Å². The lowest BCUT2D eigenvalue weighted by Gasteiger charge is -2.36. The topological polar surface area (TPSA) is 77.9 Å². The third-order valence-corrected chi connectivity index (χ3v) is 7.72. The van der Waals surface area contributed by atoms with Gasteiger partial charge in [-0.15, -0.1) is 0 Å².